The predicted molar refractivity (Wildman–Crippen MR) is 86.2 cm³/mol. The molecule has 0 amide bonds. The second kappa shape index (κ2) is 6.73. The van der Waals surface area contributed by atoms with E-state index in [0.29, 0.717) is 0 Å². The second-order valence-electron chi connectivity index (χ2n) is 5.13. The normalized spacial score (nSPS) is 11.8. The monoisotopic (exact) mass is 308 g/mol. The van der Waals surface area contributed by atoms with Gasteiger partial charge in [0.25, 0.3) is 0 Å². The Hall–Kier alpha value is -1.86. The van der Waals surface area contributed by atoms with Crippen molar-refractivity contribution >= 4 is 34.2 Å². The van der Waals surface area contributed by atoms with E-state index in [2.05, 4.69) is 14.8 Å². The molecule has 0 radical (unpaired) electrons. The van der Waals surface area contributed by atoms with Gasteiger partial charge in [-0.2, -0.15) is 0 Å². The van der Waals surface area contributed by atoms with E-state index >= 15 is 0 Å². The van der Waals surface area contributed by atoms with E-state index in [9.17, 15) is 4.79 Å². The highest BCUT2D eigenvalue weighted by Crippen LogP contribution is 2.25. The van der Waals surface area contributed by atoms with Crippen LogP contribution in [0.5, 0.6) is 0 Å². The van der Waals surface area contributed by atoms with Crippen LogP contribution in [-0.2, 0) is 4.79 Å². The molecule has 2 aromatic heterocycles. The summed E-state index contributed by atoms with van der Waals surface area (Å²) in [5.41, 5.74) is 0.806. The number of thiazole rings is 1. The lowest BCUT2D eigenvalue weighted by molar-refractivity contribution is -0.131. The molecule has 2 heterocycles. The summed E-state index contributed by atoms with van der Waals surface area (Å²) in [7, 11) is 6.08. The first-order valence-corrected chi connectivity index (χ1v) is 7.59. The van der Waals surface area contributed by atoms with E-state index in [1.165, 1.54) is 11.3 Å². The first-order chi connectivity index (χ1) is 9.99. The number of anilines is 1. The van der Waals surface area contributed by atoms with E-state index < -0.39 is 5.97 Å². The van der Waals surface area contributed by atoms with Gasteiger partial charge in [0, 0.05) is 31.2 Å². The Morgan fingerprint density at radius 1 is 1.43 bits per heavy atom. The van der Waals surface area contributed by atoms with Gasteiger partial charge in [-0.05, 0) is 33.1 Å². The number of nitrogens with zero attached hydrogens (tertiary/aromatic N) is 4. The van der Waals surface area contributed by atoms with Crippen LogP contribution in [-0.4, -0.2) is 59.6 Å². The number of carboxylic acid groups (broad SMARTS) is 1. The highest BCUT2D eigenvalue weighted by atomic mass is 32.1. The lowest BCUT2D eigenvalue weighted by Gasteiger charge is -2.18. The number of aliphatic carboxylic acids is 1. The molecule has 7 heteroatoms. The molecule has 1 N–H and O–H groups in total. The highest BCUT2D eigenvalue weighted by molar-refractivity contribution is 7.15. The van der Waals surface area contributed by atoms with Crippen LogP contribution < -0.4 is 4.90 Å². The predicted octanol–water partition coefficient (Wildman–Crippen LogP) is 1.88. The Morgan fingerprint density at radius 3 is 2.86 bits per heavy atom. The molecule has 0 saturated carbocycles. The molecule has 6 nitrogen and oxygen atoms in total. The average Bonchev–Trinajstić information content (AvgIpc) is 2.96. The van der Waals surface area contributed by atoms with Gasteiger partial charge in [0.15, 0.2) is 10.8 Å². The number of hydrogen-bond donors (Lipinski definition) is 1. The number of rotatable bonds is 7. The fourth-order valence-corrected chi connectivity index (χ4v) is 2.82. The summed E-state index contributed by atoms with van der Waals surface area (Å²) in [6, 6.07) is 0. The number of aromatic nitrogens is 2. The average molecular weight is 308 g/mol. The van der Waals surface area contributed by atoms with Crippen molar-refractivity contribution in [2.75, 3.05) is 39.1 Å². The number of imidazole rings is 1. The topological polar surface area (TPSA) is 61.1 Å². The number of fused-ring (bicyclic) bond motifs is 1. The molecule has 0 aromatic carbocycles. The van der Waals surface area contributed by atoms with Gasteiger partial charge in [0.1, 0.15) is 0 Å². The molecule has 0 aliphatic heterocycles. The Morgan fingerprint density at radius 2 is 2.19 bits per heavy atom. The molecule has 2 rings (SSSR count). The molecule has 0 bridgehead atoms. The second-order valence-corrected chi connectivity index (χ2v) is 6.00. The number of carbonyl (C=O) groups is 1. The largest absolute Gasteiger partial charge is 0.478 e. The zero-order valence-corrected chi connectivity index (χ0v) is 13.3. The molecule has 114 valence electrons. The van der Waals surface area contributed by atoms with Crippen molar-refractivity contribution in [1.29, 1.82) is 0 Å². The molecule has 0 atom stereocenters. The van der Waals surface area contributed by atoms with Crippen molar-refractivity contribution < 1.29 is 9.90 Å². The summed E-state index contributed by atoms with van der Waals surface area (Å²) in [6.07, 6.45) is 5.69. The van der Waals surface area contributed by atoms with Gasteiger partial charge >= 0.3 is 5.97 Å². The summed E-state index contributed by atoms with van der Waals surface area (Å²) in [4.78, 5) is 20.4. The maximum Gasteiger partial charge on any atom is 0.328 e. The Balaban J connectivity index is 2.23. The Labute approximate surface area is 127 Å². The first-order valence-electron chi connectivity index (χ1n) is 6.71. The van der Waals surface area contributed by atoms with Gasteiger partial charge in [-0.25, -0.2) is 9.78 Å². The standard InChI is InChI=1S/C14H20N4O2S/c1-16(2)7-4-8-17(3)13-11(5-6-12(19)20)18-9-10-21-14(18)15-13/h5-6,9-10H,4,7-8H2,1-3H3,(H,19,20). The van der Waals surface area contributed by atoms with Crippen LogP contribution in [0.3, 0.4) is 0 Å². The van der Waals surface area contributed by atoms with Crippen molar-refractivity contribution in [2.24, 2.45) is 0 Å². The summed E-state index contributed by atoms with van der Waals surface area (Å²) in [6.45, 7) is 1.88. The van der Waals surface area contributed by atoms with Gasteiger partial charge in [-0.15, -0.1) is 11.3 Å². The Bertz CT molecular complexity index is 644. The van der Waals surface area contributed by atoms with Crippen LogP contribution in [0.25, 0.3) is 11.0 Å². The van der Waals surface area contributed by atoms with Crippen molar-refractivity contribution in [2.45, 2.75) is 6.42 Å². The van der Waals surface area contributed by atoms with E-state index in [1.807, 2.05) is 37.1 Å². The van der Waals surface area contributed by atoms with Gasteiger partial charge in [-0.1, -0.05) is 0 Å². The SMILES string of the molecule is CN(C)CCCN(C)c1nc2sccn2c1C=CC(=O)O. The van der Waals surface area contributed by atoms with Crippen molar-refractivity contribution in [3.63, 3.8) is 0 Å². The molecule has 21 heavy (non-hydrogen) atoms. The fraction of sp³-hybridized carbons (Fsp3) is 0.429. The molecule has 0 fully saturated rings. The molecule has 2 aromatic rings. The summed E-state index contributed by atoms with van der Waals surface area (Å²) < 4.78 is 1.92. The summed E-state index contributed by atoms with van der Waals surface area (Å²) >= 11 is 1.54. The van der Waals surface area contributed by atoms with E-state index in [-0.39, 0.29) is 0 Å². The van der Waals surface area contributed by atoms with Gasteiger partial charge in [0.2, 0.25) is 0 Å². The molecular formula is C14H20N4O2S. The van der Waals surface area contributed by atoms with E-state index in [4.69, 9.17) is 5.11 Å². The zero-order valence-electron chi connectivity index (χ0n) is 12.5. The van der Waals surface area contributed by atoms with Crippen LogP contribution in [0.15, 0.2) is 17.7 Å². The van der Waals surface area contributed by atoms with Crippen LogP contribution in [0, 0.1) is 0 Å². The lowest BCUT2D eigenvalue weighted by Crippen LogP contribution is -2.24. The third-order valence-corrected chi connectivity index (χ3v) is 3.88. The third-order valence-electron chi connectivity index (χ3n) is 3.12. The lowest BCUT2D eigenvalue weighted by atomic mass is 10.3. The molecule has 0 spiro atoms. The zero-order chi connectivity index (χ0) is 15.4. The van der Waals surface area contributed by atoms with Gasteiger partial charge in [0.05, 0.1) is 5.69 Å². The number of hydrogen-bond acceptors (Lipinski definition) is 5. The number of carboxylic acids is 1. The maximum atomic E-state index is 10.8. The van der Waals surface area contributed by atoms with Crippen LogP contribution >= 0.6 is 11.3 Å². The minimum atomic E-state index is -0.957. The van der Waals surface area contributed by atoms with Crippen molar-refractivity contribution in [3.05, 3.63) is 23.3 Å². The van der Waals surface area contributed by atoms with E-state index in [1.54, 1.807) is 6.08 Å². The van der Waals surface area contributed by atoms with Crippen molar-refractivity contribution in [1.82, 2.24) is 14.3 Å². The molecule has 0 aliphatic rings. The van der Waals surface area contributed by atoms with Crippen LogP contribution in [0.1, 0.15) is 12.1 Å². The van der Waals surface area contributed by atoms with Crippen LogP contribution in [0.4, 0.5) is 5.82 Å². The molecule has 0 unspecified atom stereocenters. The first kappa shape index (κ1) is 15.5. The maximum absolute atomic E-state index is 10.8. The minimum Gasteiger partial charge on any atom is -0.478 e. The Kier molecular flexibility index (Phi) is 4.98. The van der Waals surface area contributed by atoms with Gasteiger partial charge in [-0.3, -0.25) is 4.40 Å². The molecular weight excluding hydrogens is 288 g/mol. The van der Waals surface area contributed by atoms with Crippen LogP contribution in [0.2, 0.25) is 0 Å². The summed E-state index contributed by atoms with van der Waals surface area (Å²) in [5.74, 6) is -0.139. The fourth-order valence-electron chi connectivity index (χ4n) is 2.11. The highest BCUT2D eigenvalue weighted by Gasteiger charge is 2.14. The minimum absolute atomic E-state index is 0.806. The summed E-state index contributed by atoms with van der Waals surface area (Å²) in [5, 5.41) is 10.8. The molecule has 0 aliphatic carbocycles. The quantitative estimate of drug-likeness (QED) is 0.791. The van der Waals surface area contributed by atoms with Crippen molar-refractivity contribution in [3.8, 4) is 0 Å². The van der Waals surface area contributed by atoms with E-state index in [0.717, 1.165) is 42.1 Å². The van der Waals surface area contributed by atoms with Gasteiger partial charge < -0.3 is 14.9 Å². The third kappa shape index (κ3) is 3.83. The smallest absolute Gasteiger partial charge is 0.328 e. The molecule has 0 saturated heterocycles.